The van der Waals surface area contributed by atoms with Crippen molar-refractivity contribution in [2.45, 2.75) is 6.43 Å². The van der Waals surface area contributed by atoms with E-state index in [9.17, 15) is 18.0 Å². The van der Waals surface area contributed by atoms with Crippen molar-refractivity contribution >= 4 is 5.91 Å². The summed E-state index contributed by atoms with van der Waals surface area (Å²) in [6.45, 7) is 0. The molecule has 1 aromatic rings. The van der Waals surface area contributed by atoms with Gasteiger partial charge in [-0.05, 0) is 0 Å². The molecule has 4 nitrogen and oxygen atoms in total. The molecule has 0 aliphatic rings. The van der Waals surface area contributed by atoms with Crippen molar-refractivity contribution in [2.75, 3.05) is 7.11 Å². The van der Waals surface area contributed by atoms with E-state index in [1.54, 1.807) is 0 Å². The molecule has 0 aliphatic heterocycles. The van der Waals surface area contributed by atoms with Gasteiger partial charge in [0.05, 0.1) is 12.7 Å². The van der Waals surface area contributed by atoms with E-state index in [1.807, 2.05) is 0 Å². The van der Waals surface area contributed by atoms with Crippen LogP contribution in [0.4, 0.5) is 13.2 Å². The predicted molar refractivity (Wildman–Crippen MR) is 44.2 cm³/mol. The Morgan fingerprint density at radius 3 is 2.60 bits per heavy atom. The molecule has 0 fully saturated rings. The van der Waals surface area contributed by atoms with Gasteiger partial charge in [-0.2, -0.15) is 0 Å². The van der Waals surface area contributed by atoms with E-state index in [1.165, 1.54) is 0 Å². The number of nitrogens with two attached hydrogens (primary N) is 1. The largest absolute Gasteiger partial charge is 0.481 e. The molecule has 0 unspecified atom stereocenters. The molecule has 0 spiro atoms. The number of halogens is 3. The van der Waals surface area contributed by atoms with Crippen molar-refractivity contribution in [3.63, 3.8) is 0 Å². The highest BCUT2D eigenvalue weighted by Gasteiger charge is 2.22. The molecule has 0 aromatic carbocycles. The highest BCUT2D eigenvalue weighted by Crippen LogP contribution is 2.26. The van der Waals surface area contributed by atoms with Crippen molar-refractivity contribution in [1.82, 2.24) is 4.98 Å². The summed E-state index contributed by atoms with van der Waals surface area (Å²) in [5, 5.41) is 0. The first-order valence-electron chi connectivity index (χ1n) is 3.79. The number of carbonyl (C=O) groups excluding carboxylic acids is 1. The smallest absolute Gasteiger partial charge is 0.270 e. The first kappa shape index (κ1) is 11.3. The number of hydrogen-bond donors (Lipinski definition) is 1. The van der Waals surface area contributed by atoms with Crippen LogP contribution in [0.3, 0.4) is 0 Å². The lowest BCUT2D eigenvalue weighted by Crippen LogP contribution is -2.17. The van der Waals surface area contributed by atoms with Gasteiger partial charge in [0.2, 0.25) is 5.88 Å². The van der Waals surface area contributed by atoms with Crippen molar-refractivity contribution in [1.29, 1.82) is 0 Å². The van der Waals surface area contributed by atoms with Gasteiger partial charge >= 0.3 is 0 Å². The average Bonchev–Trinajstić information content (AvgIpc) is 2.17. The molecule has 15 heavy (non-hydrogen) atoms. The second-order valence-corrected chi connectivity index (χ2v) is 2.58. The standard InChI is InChI=1S/C8H7F3N2O2/c1-15-4-2-3(7(10)11)5(9)6(13-4)8(12)14/h2,7H,1H3,(H2,12,14). The van der Waals surface area contributed by atoms with Crippen LogP contribution in [0.1, 0.15) is 22.5 Å². The zero-order valence-electron chi connectivity index (χ0n) is 7.63. The van der Waals surface area contributed by atoms with Crippen LogP contribution in [0.25, 0.3) is 0 Å². The van der Waals surface area contributed by atoms with Crippen LogP contribution in [0, 0.1) is 5.82 Å². The number of ether oxygens (including phenoxy) is 1. The number of primary amides is 1. The third-order valence-corrected chi connectivity index (χ3v) is 1.64. The molecule has 2 N–H and O–H groups in total. The molecule has 0 saturated carbocycles. The molecule has 0 saturated heterocycles. The van der Waals surface area contributed by atoms with Crippen LogP contribution < -0.4 is 10.5 Å². The lowest BCUT2D eigenvalue weighted by atomic mass is 10.2. The van der Waals surface area contributed by atoms with Gasteiger partial charge in [0, 0.05) is 6.07 Å². The molecule has 1 amide bonds. The van der Waals surface area contributed by atoms with Crippen LogP contribution >= 0.6 is 0 Å². The number of carbonyl (C=O) groups is 1. The zero-order chi connectivity index (χ0) is 11.6. The Labute approximate surface area is 82.9 Å². The van der Waals surface area contributed by atoms with Gasteiger partial charge in [-0.3, -0.25) is 4.79 Å². The van der Waals surface area contributed by atoms with Crippen molar-refractivity contribution in [3.8, 4) is 5.88 Å². The number of aromatic nitrogens is 1. The third kappa shape index (κ3) is 2.17. The Morgan fingerprint density at radius 2 is 2.20 bits per heavy atom. The zero-order valence-corrected chi connectivity index (χ0v) is 7.63. The number of pyridine rings is 1. The topological polar surface area (TPSA) is 65.2 Å². The molecular weight excluding hydrogens is 213 g/mol. The Hall–Kier alpha value is -1.79. The molecule has 0 radical (unpaired) electrons. The van der Waals surface area contributed by atoms with E-state index >= 15 is 0 Å². The second kappa shape index (κ2) is 4.16. The van der Waals surface area contributed by atoms with Crippen LogP contribution in [0.15, 0.2) is 6.07 Å². The minimum absolute atomic E-state index is 0.291. The number of methoxy groups -OCH3 is 1. The first-order valence-corrected chi connectivity index (χ1v) is 3.79. The van der Waals surface area contributed by atoms with Crippen LogP contribution in [-0.4, -0.2) is 18.0 Å². The van der Waals surface area contributed by atoms with E-state index in [0.717, 1.165) is 7.11 Å². The van der Waals surface area contributed by atoms with Crippen LogP contribution in [0.5, 0.6) is 5.88 Å². The number of amides is 1. The van der Waals surface area contributed by atoms with Crippen molar-refractivity contribution in [3.05, 3.63) is 23.1 Å². The number of hydrogen-bond acceptors (Lipinski definition) is 3. The van der Waals surface area contributed by atoms with Gasteiger partial charge in [-0.25, -0.2) is 18.2 Å². The minimum Gasteiger partial charge on any atom is -0.481 e. The average molecular weight is 220 g/mol. The van der Waals surface area contributed by atoms with Crippen LogP contribution in [-0.2, 0) is 0 Å². The molecule has 0 atom stereocenters. The lowest BCUT2D eigenvalue weighted by molar-refractivity contribution is 0.0987. The maximum Gasteiger partial charge on any atom is 0.270 e. The number of nitrogens with zero attached hydrogens (tertiary/aromatic N) is 1. The molecule has 0 aliphatic carbocycles. The van der Waals surface area contributed by atoms with E-state index < -0.39 is 29.4 Å². The molecule has 0 bridgehead atoms. The fourth-order valence-corrected chi connectivity index (χ4v) is 0.951. The predicted octanol–water partition coefficient (Wildman–Crippen LogP) is 1.27. The quantitative estimate of drug-likeness (QED) is 0.834. The van der Waals surface area contributed by atoms with Crippen molar-refractivity contribution in [2.24, 2.45) is 5.73 Å². The Balaban J connectivity index is 3.40. The van der Waals surface area contributed by atoms with Crippen LogP contribution in [0.2, 0.25) is 0 Å². The Kier molecular flexibility index (Phi) is 3.13. The summed E-state index contributed by atoms with van der Waals surface area (Å²) in [6.07, 6.45) is -3.07. The monoisotopic (exact) mass is 220 g/mol. The van der Waals surface area contributed by atoms with E-state index in [4.69, 9.17) is 5.73 Å². The summed E-state index contributed by atoms with van der Waals surface area (Å²) >= 11 is 0. The maximum absolute atomic E-state index is 13.2. The fraction of sp³-hybridized carbons (Fsp3) is 0.250. The van der Waals surface area contributed by atoms with E-state index in [-0.39, 0.29) is 5.88 Å². The van der Waals surface area contributed by atoms with E-state index in [2.05, 4.69) is 9.72 Å². The normalized spacial score (nSPS) is 10.5. The second-order valence-electron chi connectivity index (χ2n) is 2.58. The maximum atomic E-state index is 13.2. The molecule has 1 rings (SSSR count). The molecule has 1 aromatic heterocycles. The Morgan fingerprint density at radius 1 is 1.60 bits per heavy atom. The molecule has 7 heteroatoms. The van der Waals surface area contributed by atoms with Crippen molar-refractivity contribution < 1.29 is 22.7 Å². The Bertz CT molecular complexity index is 396. The fourth-order valence-electron chi connectivity index (χ4n) is 0.951. The van der Waals surface area contributed by atoms with Gasteiger partial charge in [0.1, 0.15) is 0 Å². The highest BCUT2D eigenvalue weighted by atomic mass is 19.3. The highest BCUT2D eigenvalue weighted by molar-refractivity contribution is 5.91. The third-order valence-electron chi connectivity index (χ3n) is 1.64. The lowest BCUT2D eigenvalue weighted by Gasteiger charge is -2.07. The van der Waals surface area contributed by atoms with E-state index in [0.29, 0.717) is 6.07 Å². The van der Waals surface area contributed by atoms with Gasteiger partial charge in [-0.15, -0.1) is 0 Å². The molecular formula is C8H7F3N2O2. The summed E-state index contributed by atoms with van der Waals surface area (Å²) in [5.74, 6) is -2.94. The first-order chi connectivity index (χ1) is 6.97. The van der Waals surface area contributed by atoms with Gasteiger partial charge in [0.15, 0.2) is 11.5 Å². The minimum atomic E-state index is -3.07. The van der Waals surface area contributed by atoms with Gasteiger partial charge in [0.25, 0.3) is 12.3 Å². The summed E-state index contributed by atoms with van der Waals surface area (Å²) in [4.78, 5) is 14.0. The van der Waals surface area contributed by atoms with Gasteiger partial charge < -0.3 is 10.5 Å². The summed E-state index contributed by atoms with van der Waals surface area (Å²) in [6, 6.07) is 0.715. The summed E-state index contributed by atoms with van der Waals surface area (Å²) in [7, 11) is 1.15. The number of rotatable bonds is 3. The van der Waals surface area contributed by atoms with Gasteiger partial charge in [-0.1, -0.05) is 0 Å². The SMILES string of the molecule is COc1cc(C(F)F)c(F)c(C(N)=O)n1. The molecule has 1 heterocycles. The summed E-state index contributed by atoms with van der Waals surface area (Å²) < 4.78 is 42.3. The summed E-state index contributed by atoms with van der Waals surface area (Å²) in [5.41, 5.74) is 2.95. The molecule has 82 valence electrons. The number of alkyl halides is 2.